The molecule has 22 heavy (non-hydrogen) atoms. The summed E-state index contributed by atoms with van der Waals surface area (Å²) in [5, 5.41) is 3.79. The molecule has 5 rings (SSSR count). The van der Waals surface area contributed by atoms with Gasteiger partial charge in [-0.3, -0.25) is 0 Å². The van der Waals surface area contributed by atoms with Crippen LogP contribution in [0.1, 0.15) is 43.2 Å². The predicted molar refractivity (Wildman–Crippen MR) is 88.9 cm³/mol. The van der Waals surface area contributed by atoms with Gasteiger partial charge in [0.15, 0.2) is 0 Å². The van der Waals surface area contributed by atoms with E-state index in [2.05, 4.69) is 34.0 Å². The lowest BCUT2D eigenvalue weighted by atomic mass is 9.53. The number of hydrogen-bond donors (Lipinski definition) is 1. The maximum Gasteiger partial charge on any atom is 0.0902 e. The van der Waals surface area contributed by atoms with Crippen molar-refractivity contribution >= 4 is 0 Å². The lowest BCUT2D eigenvalue weighted by molar-refractivity contribution is 0.0798. The van der Waals surface area contributed by atoms with Crippen molar-refractivity contribution in [1.82, 2.24) is 5.32 Å². The third kappa shape index (κ3) is 2.30. The SMILES string of the molecule is c1ccc2c(c1)C[C@H]1NCC[C@@]23CCCC[C@@H]13.c1ccoc1. The first-order valence-electron chi connectivity index (χ1n) is 8.69. The molecule has 1 saturated heterocycles. The molecule has 2 fully saturated rings. The topological polar surface area (TPSA) is 25.2 Å². The summed E-state index contributed by atoms with van der Waals surface area (Å²) in [7, 11) is 0. The second-order valence-electron chi connectivity index (χ2n) is 6.97. The summed E-state index contributed by atoms with van der Waals surface area (Å²) in [6.45, 7) is 1.23. The van der Waals surface area contributed by atoms with Crippen LogP contribution in [0.5, 0.6) is 0 Å². The minimum atomic E-state index is 0.545. The molecular weight excluding hydrogens is 270 g/mol. The van der Waals surface area contributed by atoms with E-state index < -0.39 is 0 Å². The summed E-state index contributed by atoms with van der Waals surface area (Å²) in [5.41, 5.74) is 3.88. The van der Waals surface area contributed by atoms with Crippen molar-refractivity contribution < 1.29 is 4.42 Å². The summed E-state index contributed by atoms with van der Waals surface area (Å²) >= 11 is 0. The zero-order valence-corrected chi connectivity index (χ0v) is 13.1. The number of furan rings is 1. The summed E-state index contributed by atoms with van der Waals surface area (Å²) in [6, 6.07) is 13.7. The van der Waals surface area contributed by atoms with E-state index in [4.69, 9.17) is 0 Å². The second-order valence-corrected chi connectivity index (χ2v) is 6.97. The van der Waals surface area contributed by atoms with Gasteiger partial charge in [0.05, 0.1) is 12.5 Å². The van der Waals surface area contributed by atoms with Crippen LogP contribution in [0.25, 0.3) is 0 Å². The van der Waals surface area contributed by atoms with E-state index in [1.165, 1.54) is 45.1 Å². The summed E-state index contributed by atoms with van der Waals surface area (Å²) in [4.78, 5) is 0. The van der Waals surface area contributed by atoms with E-state index in [9.17, 15) is 0 Å². The Morgan fingerprint density at radius 1 is 1.00 bits per heavy atom. The Morgan fingerprint density at radius 3 is 2.68 bits per heavy atom. The summed E-state index contributed by atoms with van der Waals surface area (Å²) in [6.07, 6.45) is 11.7. The van der Waals surface area contributed by atoms with Gasteiger partial charge in [-0.1, -0.05) is 37.1 Å². The van der Waals surface area contributed by atoms with E-state index >= 15 is 0 Å². The second kappa shape index (κ2) is 5.92. The Balaban J connectivity index is 0.000000215. The number of fused-ring (bicyclic) bond motifs is 1. The molecule has 0 unspecified atom stereocenters. The molecule has 2 bridgehead atoms. The first-order chi connectivity index (χ1) is 10.9. The third-order valence-corrected chi connectivity index (χ3v) is 5.98. The molecular formula is C20H25NO. The number of benzene rings is 1. The molecule has 1 saturated carbocycles. The highest BCUT2D eigenvalue weighted by atomic mass is 16.3. The molecule has 2 aromatic rings. The standard InChI is InChI=1S/C16H21N.C4H4O/c1-2-6-13-12(5-1)11-15-14-7-3-4-8-16(13,14)9-10-17-15;1-2-4-5-3-1/h1-2,5-6,14-15,17H,3-4,7-11H2;1-4H/t14-,15+,16-;/m0./s1. The fraction of sp³-hybridized carbons (Fsp3) is 0.500. The van der Waals surface area contributed by atoms with Crippen molar-refractivity contribution in [2.24, 2.45) is 5.92 Å². The Labute approximate surface area is 132 Å². The molecule has 2 heteroatoms. The van der Waals surface area contributed by atoms with Crippen molar-refractivity contribution in [1.29, 1.82) is 0 Å². The minimum absolute atomic E-state index is 0.545. The number of nitrogens with one attached hydrogen (secondary N) is 1. The van der Waals surface area contributed by atoms with Gasteiger partial charge in [-0.25, -0.2) is 0 Å². The van der Waals surface area contributed by atoms with Gasteiger partial charge in [0.25, 0.3) is 0 Å². The fourth-order valence-corrected chi connectivity index (χ4v) is 5.12. The number of rotatable bonds is 0. The molecule has 1 aromatic carbocycles. The fourth-order valence-electron chi connectivity index (χ4n) is 5.12. The van der Waals surface area contributed by atoms with Crippen LogP contribution < -0.4 is 5.32 Å². The van der Waals surface area contributed by atoms with Crippen molar-refractivity contribution in [3.8, 4) is 0 Å². The molecule has 3 aliphatic rings. The van der Waals surface area contributed by atoms with Crippen LogP contribution in [-0.2, 0) is 11.8 Å². The highest BCUT2D eigenvalue weighted by Gasteiger charge is 2.51. The molecule has 2 heterocycles. The van der Waals surface area contributed by atoms with E-state index in [1.807, 2.05) is 12.1 Å². The molecule has 0 spiro atoms. The Bertz CT molecular complexity index is 585. The summed E-state index contributed by atoms with van der Waals surface area (Å²) in [5.74, 6) is 0.917. The normalized spacial score (nSPS) is 32.2. The molecule has 0 radical (unpaired) electrons. The smallest absolute Gasteiger partial charge is 0.0902 e. The van der Waals surface area contributed by atoms with Gasteiger partial charge in [0.2, 0.25) is 0 Å². The average Bonchev–Trinajstić information content (AvgIpc) is 3.15. The maximum absolute atomic E-state index is 4.58. The lowest BCUT2D eigenvalue weighted by Crippen LogP contribution is -2.59. The van der Waals surface area contributed by atoms with Gasteiger partial charge in [-0.05, 0) is 61.4 Å². The highest BCUT2D eigenvalue weighted by Crippen LogP contribution is 2.53. The lowest BCUT2D eigenvalue weighted by Gasteiger charge is -2.56. The molecule has 2 aliphatic carbocycles. The maximum atomic E-state index is 4.58. The molecule has 1 aliphatic heterocycles. The quantitative estimate of drug-likeness (QED) is 0.783. The zero-order valence-electron chi connectivity index (χ0n) is 13.1. The largest absolute Gasteiger partial charge is 0.473 e. The van der Waals surface area contributed by atoms with Crippen LogP contribution in [-0.4, -0.2) is 12.6 Å². The van der Waals surface area contributed by atoms with Crippen LogP contribution in [0.3, 0.4) is 0 Å². The minimum Gasteiger partial charge on any atom is -0.473 e. The average molecular weight is 295 g/mol. The molecule has 3 atom stereocenters. The molecule has 1 N–H and O–H groups in total. The highest BCUT2D eigenvalue weighted by molar-refractivity contribution is 5.41. The van der Waals surface area contributed by atoms with Gasteiger partial charge >= 0.3 is 0 Å². The van der Waals surface area contributed by atoms with Gasteiger partial charge in [-0.2, -0.15) is 0 Å². The van der Waals surface area contributed by atoms with Crippen molar-refractivity contribution in [2.75, 3.05) is 6.54 Å². The van der Waals surface area contributed by atoms with Crippen molar-refractivity contribution in [3.05, 3.63) is 60.1 Å². The monoisotopic (exact) mass is 295 g/mol. The van der Waals surface area contributed by atoms with Crippen LogP contribution >= 0.6 is 0 Å². The van der Waals surface area contributed by atoms with E-state index in [-0.39, 0.29) is 0 Å². The molecule has 0 amide bonds. The van der Waals surface area contributed by atoms with Crippen LogP contribution in [0.2, 0.25) is 0 Å². The first-order valence-corrected chi connectivity index (χ1v) is 8.69. The molecule has 1 aromatic heterocycles. The zero-order chi connectivity index (χ0) is 14.8. The van der Waals surface area contributed by atoms with E-state index in [1.54, 1.807) is 23.7 Å². The summed E-state index contributed by atoms with van der Waals surface area (Å²) < 4.78 is 4.58. The van der Waals surface area contributed by atoms with Gasteiger partial charge in [-0.15, -0.1) is 0 Å². The van der Waals surface area contributed by atoms with Crippen LogP contribution in [0.15, 0.2) is 53.3 Å². The predicted octanol–water partition coefficient (Wildman–Crippen LogP) is 4.31. The molecule has 2 nitrogen and oxygen atoms in total. The molecule has 116 valence electrons. The first kappa shape index (κ1) is 14.1. The van der Waals surface area contributed by atoms with Crippen LogP contribution in [0.4, 0.5) is 0 Å². The Hall–Kier alpha value is -1.54. The van der Waals surface area contributed by atoms with Crippen LogP contribution in [0, 0.1) is 5.92 Å². The van der Waals surface area contributed by atoms with Crippen molar-refractivity contribution in [2.45, 2.75) is 50.0 Å². The van der Waals surface area contributed by atoms with Gasteiger partial charge in [0, 0.05) is 11.5 Å². The van der Waals surface area contributed by atoms with Crippen molar-refractivity contribution in [3.63, 3.8) is 0 Å². The van der Waals surface area contributed by atoms with Gasteiger partial charge in [0.1, 0.15) is 0 Å². The van der Waals surface area contributed by atoms with E-state index in [0.29, 0.717) is 5.41 Å². The third-order valence-electron chi connectivity index (χ3n) is 5.98. The Morgan fingerprint density at radius 2 is 1.86 bits per heavy atom. The van der Waals surface area contributed by atoms with Gasteiger partial charge < -0.3 is 9.73 Å². The number of piperidine rings is 1. The number of hydrogen-bond acceptors (Lipinski definition) is 2. The Kier molecular flexibility index (Phi) is 3.79. The van der Waals surface area contributed by atoms with E-state index in [0.717, 1.165) is 12.0 Å².